The number of nitrogens with zero attached hydrogens (tertiary/aromatic N) is 4. The Kier molecular flexibility index (Phi) is 6.21. The van der Waals surface area contributed by atoms with Gasteiger partial charge in [0.15, 0.2) is 0 Å². The topological polar surface area (TPSA) is 64.9 Å². The van der Waals surface area contributed by atoms with Gasteiger partial charge in [-0.15, -0.1) is 0 Å². The Morgan fingerprint density at radius 2 is 1.81 bits per heavy atom. The van der Waals surface area contributed by atoms with Crippen LogP contribution in [0.25, 0.3) is 22.6 Å². The Labute approximate surface area is 180 Å². The van der Waals surface area contributed by atoms with Crippen molar-refractivity contribution < 1.29 is 9.13 Å². The summed E-state index contributed by atoms with van der Waals surface area (Å²) in [4.78, 5) is 13.5. The van der Waals surface area contributed by atoms with Gasteiger partial charge in [0.1, 0.15) is 18.2 Å². The molecule has 7 heteroatoms. The zero-order valence-electron chi connectivity index (χ0n) is 17.5. The third-order valence-corrected chi connectivity index (χ3v) is 5.08. The Hall–Kier alpha value is -3.74. The molecule has 4 aromatic rings. The van der Waals surface area contributed by atoms with Crippen LogP contribution in [0.1, 0.15) is 19.4 Å². The SMILES string of the molecule is CCC(COc1ccccc1)n1cnc(-c2ccc(F)cc2)c1-c1ccnc(NC)n1. The van der Waals surface area contributed by atoms with Crippen molar-refractivity contribution in [3.05, 3.63) is 79.0 Å². The van der Waals surface area contributed by atoms with E-state index in [1.165, 1.54) is 12.1 Å². The van der Waals surface area contributed by atoms with Gasteiger partial charge in [-0.25, -0.2) is 19.3 Å². The molecule has 1 unspecified atom stereocenters. The zero-order chi connectivity index (χ0) is 21.6. The summed E-state index contributed by atoms with van der Waals surface area (Å²) in [6.07, 6.45) is 4.35. The summed E-state index contributed by atoms with van der Waals surface area (Å²) in [6.45, 7) is 2.59. The molecule has 0 radical (unpaired) electrons. The average Bonchev–Trinajstić information content (AvgIpc) is 3.26. The first-order valence-electron chi connectivity index (χ1n) is 10.2. The standard InChI is InChI=1S/C24H24FN5O/c1-3-19(15-31-20-7-5-4-6-8-20)30-16-28-22(17-9-11-18(25)12-10-17)23(30)21-13-14-27-24(26-2)29-21/h4-14,16,19H,3,15H2,1-2H3,(H,26,27,29). The maximum Gasteiger partial charge on any atom is 0.222 e. The second-order valence-corrected chi connectivity index (χ2v) is 7.06. The van der Waals surface area contributed by atoms with Gasteiger partial charge < -0.3 is 14.6 Å². The highest BCUT2D eigenvalue weighted by molar-refractivity contribution is 5.77. The largest absolute Gasteiger partial charge is 0.491 e. The van der Waals surface area contributed by atoms with E-state index in [1.807, 2.05) is 36.4 Å². The van der Waals surface area contributed by atoms with E-state index in [0.717, 1.165) is 34.8 Å². The number of ether oxygens (including phenoxy) is 1. The lowest BCUT2D eigenvalue weighted by Crippen LogP contribution is -2.17. The lowest BCUT2D eigenvalue weighted by Gasteiger charge is -2.20. The maximum absolute atomic E-state index is 13.5. The fourth-order valence-corrected chi connectivity index (χ4v) is 3.43. The average molecular weight is 417 g/mol. The number of benzene rings is 2. The molecule has 4 rings (SSSR count). The number of anilines is 1. The number of imidazole rings is 1. The van der Waals surface area contributed by atoms with Crippen LogP contribution >= 0.6 is 0 Å². The molecule has 0 saturated heterocycles. The lowest BCUT2D eigenvalue weighted by molar-refractivity contribution is 0.246. The quantitative estimate of drug-likeness (QED) is 0.426. The molecule has 0 aliphatic heterocycles. The molecular formula is C24H24FN5O. The van der Waals surface area contributed by atoms with Crippen molar-refractivity contribution >= 4 is 5.95 Å². The number of hydrogen-bond acceptors (Lipinski definition) is 5. The highest BCUT2D eigenvalue weighted by Crippen LogP contribution is 2.33. The van der Waals surface area contributed by atoms with E-state index in [1.54, 1.807) is 31.7 Å². The van der Waals surface area contributed by atoms with Crippen LogP contribution in [0.5, 0.6) is 5.75 Å². The molecule has 0 bridgehead atoms. The Morgan fingerprint density at radius 3 is 2.52 bits per heavy atom. The number of para-hydroxylation sites is 1. The molecule has 6 nitrogen and oxygen atoms in total. The molecule has 1 atom stereocenters. The van der Waals surface area contributed by atoms with E-state index in [2.05, 4.69) is 31.8 Å². The fourth-order valence-electron chi connectivity index (χ4n) is 3.43. The summed E-state index contributed by atoms with van der Waals surface area (Å²) in [5.74, 6) is 1.05. The lowest BCUT2D eigenvalue weighted by atomic mass is 10.1. The minimum atomic E-state index is -0.285. The summed E-state index contributed by atoms with van der Waals surface area (Å²) in [7, 11) is 1.78. The van der Waals surface area contributed by atoms with Gasteiger partial charge >= 0.3 is 0 Å². The van der Waals surface area contributed by atoms with Gasteiger partial charge in [-0.2, -0.15) is 0 Å². The van der Waals surface area contributed by atoms with Crippen molar-refractivity contribution in [2.75, 3.05) is 19.0 Å². The molecule has 1 N–H and O–H groups in total. The normalized spacial score (nSPS) is 11.8. The molecule has 2 aromatic carbocycles. The van der Waals surface area contributed by atoms with Crippen LogP contribution in [0, 0.1) is 5.82 Å². The van der Waals surface area contributed by atoms with Crippen molar-refractivity contribution in [1.29, 1.82) is 0 Å². The van der Waals surface area contributed by atoms with E-state index >= 15 is 0 Å². The van der Waals surface area contributed by atoms with Crippen LogP contribution < -0.4 is 10.1 Å². The van der Waals surface area contributed by atoms with Gasteiger partial charge in [0.25, 0.3) is 0 Å². The summed E-state index contributed by atoms with van der Waals surface area (Å²) >= 11 is 0. The van der Waals surface area contributed by atoms with Crippen LogP contribution in [0.15, 0.2) is 73.2 Å². The second kappa shape index (κ2) is 9.38. The summed E-state index contributed by atoms with van der Waals surface area (Å²) in [6, 6.07) is 18.0. The highest BCUT2D eigenvalue weighted by Gasteiger charge is 2.22. The number of aromatic nitrogens is 4. The van der Waals surface area contributed by atoms with Crippen molar-refractivity contribution in [3.8, 4) is 28.4 Å². The predicted molar refractivity (Wildman–Crippen MR) is 119 cm³/mol. The molecule has 0 saturated carbocycles. The van der Waals surface area contributed by atoms with E-state index in [-0.39, 0.29) is 11.9 Å². The number of nitrogens with one attached hydrogen (secondary N) is 1. The van der Waals surface area contributed by atoms with Crippen molar-refractivity contribution in [1.82, 2.24) is 19.5 Å². The molecule has 0 aliphatic carbocycles. The maximum atomic E-state index is 13.5. The van der Waals surface area contributed by atoms with Gasteiger partial charge in [-0.05, 0) is 48.9 Å². The summed E-state index contributed by atoms with van der Waals surface area (Å²) < 4.78 is 21.6. The number of hydrogen-bond donors (Lipinski definition) is 1. The monoisotopic (exact) mass is 417 g/mol. The van der Waals surface area contributed by atoms with E-state index in [9.17, 15) is 4.39 Å². The molecule has 158 valence electrons. The van der Waals surface area contributed by atoms with Gasteiger partial charge in [0.05, 0.1) is 29.5 Å². The molecule has 2 aromatic heterocycles. The van der Waals surface area contributed by atoms with Crippen LogP contribution in [0.4, 0.5) is 10.3 Å². The molecule has 0 amide bonds. The number of rotatable bonds is 8. The molecule has 31 heavy (non-hydrogen) atoms. The van der Waals surface area contributed by atoms with Crippen LogP contribution in [-0.2, 0) is 0 Å². The van der Waals surface area contributed by atoms with Crippen LogP contribution in [-0.4, -0.2) is 33.2 Å². The first kappa shape index (κ1) is 20.5. The third-order valence-electron chi connectivity index (χ3n) is 5.08. The van der Waals surface area contributed by atoms with Gasteiger partial charge in [-0.1, -0.05) is 25.1 Å². The molecular weight excluding hydrogens is 393 g/mol. The first-order chi connectivity index (χ1) is 15.2. The van der Waals surface area contributed by atoms with Gasteiger partial charge in [-0.3, -0.25) is 0 Å². The molecule has 0 fully saturated rings. The van der Waals surface area contributed by atoms with Crippen molar-refractivity contribution in [2.24, 2.45) is 0 Å². The summed E-state index contributed by atoms with van der Waals surface area (Å²) in [5, 5.41) is 2.98. The summed E-state index contributed by atoms with van der Waals surface area (Å²) in [5.41, 5.74) is 3.13. The molecule has 0 aliphatic rings. The predicted octanol–water partition coefficient (Wildman–Crippen LogP) is 5.22. The first-order valence-corrected chi connectivity index (χ1v) is 10.2. The third kappa shape index (κ3) is 4.55. The van der Waals surface area contributed by atoms with E-state index < -0.39 is 0 Å². The minimum absolute atomic E-state index is 0.0323. The number of halogens is 1. The Bertz CT molecular complexity index is 1130. The van der Waals surface area contributed by atoms with Gasteiger partial charge in [0.2, 0.25) is 5.95 Å². The fraction of sp³-hybridized carbons (Fsp3) is 0.208. The van der Waals surface area contributed by atoms with E-state index in [4.69, 9.17) is 4.74 Å². The second-order valence-electron chi connectivity index (χ2n) is 7.06. The smallest absolute Gasteiger partial charge is 0.222 e. The van der Waals surface area contributed by atoms with E-state index in [0.29, 0.717) is 12.6 Å². The molecule has 2 heterocycles. The van der Waals surface area contributed by atoms with Crippen molar-refractivity contribution in [3.63, 3.8) is 0 Å². The van der Waals surface area contributed by atoms with Crippen LogP contribution in [0.3, 0.4) is 0 Å². The highest BCUT2D eigenvalue weighted by atomic mass is 19.1. The van der Waals surface area contributed by atoms with Gasteiger partial charge in [0, 0.05) is 18.8 Å². The van der Waals surface area contributed by atoms with Crippen molar-refractivity contribution in [2.45, 2.75) is 19.4 Å². The van der Waals surface area contributed by atoms with Crippen LogP contribution in [0.2, 0.25) is 0 Å². The molecule has 0 spiro atoms. The zero-order valence-corrected chi connectivity index (χ0v) is 17.5. The Morgan fingerprint density at radius 1 is 1.03 bits per heavy atom. The Balaban J connectivity index is 1.76. The minimum Gasteiger partial charge on any atom is -0.491 e.